The summed E-state index contributed by atoms with van der Waals surface area (Å²) < 4.78 is 0. The van der Waals surface area contributed by atoms with E-state index in [0.717, 1.165) is 112 Å². The fourth-order valence-corrected chi connectivity index (χ4v) is 19.0. The Morgan fingerprint density at radius 2 is 0.487 bits per heavy atom. The Kier molecular flexibility index (Phi) is 17.5. The maximum atomic E-state index is 5.27. The van der Waals surface area contributed by atoms with Crippen molar-refractivity contribution in [3.05, 3.63) is 434 Å². The lowest BCUT2D eigenvalue weighted by Crippen LogP contribution is -2.16. The van der Waals surface area contributed by atoms with Crippen LogP contribution in [0.15, 0.2) is 401 Å². The Morgan fingerprint density at radius 1 is 0.193 bits per heavy atom. The predicted molar refractivity (Wildman–Crippen MR) is 497 cm³/mol. The molecule has 6 heteroatoms. The van der Waals surface area contributed by atoms with Crippen LogP contribution in [0.25, 0.3) is 144 Å². The predicted octanol–water partition coefficient (Wildman–Crippen LogP) is 29.9. The summed E-state index contributed by atoms with van der Waals surface area (Å²) in [6, 6.07) is 141. The summed E-state index contributed by atoms with van der Waals surface area (Å²) in [6.45, 7) is 14.0. The van der Waals surface area contributed by atoms with Crippen LogP contribution in [-0.4, -0.2) is 19.9 Å². The fraction of sp³-hybridized carbons (Fsp3) is 0.0796. The number of anilines is 6. The highest BCUT2D eigenvalue weighted by atomic mass is 15.1. The molecular formula is C113H84N6. The molecular weight excluding hydrogens is 1440 g/mol. The van der Waals surface area contributed by atoms with Crippen LogP contribution >= 0.6 is 0 Å². The van der Waals surface area contributed by atoms with Crippen LogP contribution in [0.3, 0.4) is 0 Å². The van der Waals surface area contributed by atoms with Gasteiger partial charge in [-0.15, -0.1) is 0 Å². The second-order valence-electron chi connectivity index (χ2n) is 33.3. The molecule has 0 bridgehead atoms. The number of nitrogens with zero attached hydrogens (tertiary/aromatic N) is 6. The highest BCUT2D eigenvalue weighted by Crippen LogP contribution is 2.54. The third-order valence-electron chi connectivity index (χ3n) is 25.3. The van der Waals surface area contributed by atoms with Gasteiger partial charge in [-0.1, -0.05) is 333 Å². The molecule has 0 spiro atoms. The minimum absolute atomic E-state index is 0.0731. The van der Waals surface area contributed by atoms with Gasteiger partial charge in [-0.2, -0.15) is 0 Å². The molecule has 0 radical (unpaired) electrons. The Labute approximate surface area is 695 Å². The van der Waals surface area contributed by atoms with Crippen molar-refractivity contribution in [3.63, 3.8) is 0 Å². The summed E-state index contributed by atoms with van der Waals surface area (Å²) >= 11 is 0. The number of aromatic nitrogens is 4. The summed E-state index contributed by atoms with van der Waals surface area (Å²) in [5.74, 6) is 0. The smallest absolute Gasteiger partial charge is 0.116 e. The molecule has 19 aromatic rings. The summed E-state index contributed by atoms with van der Waals surface area (Å²) in [4.78, 5) is 24.6. The Balaban J connectivity index is 0.000000148. The van der Waals surface area contributed by atoms with Crippen LogP contribution in [0.5, 0.6) is 0 Å². The lowest BCUT2D eigenvalue weighted by atomic mass is 9.82. The van der Waals surface area contributed by atoms with Gasteiger partial charge in [0.2, 0.25) is 0 Å². The number of benzene rings is 17. The first-order chi connectivity index (χ1) is 58.2. The number of rotatable bonds is 13. The van der Waals surface area contributed by atoms with E-state index < -0.39 is 0 Å². The second-order valence-corrected chi connectivity index (χ2v) is 33.3. The first kappa shape index (κ1) is 72.0. The van der Waals surface area contributed by atoms with Crippen molar-refractivity contribution in [3.8, 4) is 112 Å². The molecule has 3 aliphatic rings. The molecule has 2 heterocycles. The highest BCUT2D eigenvalue weighted by molar-refractivity contribution is 6.23. The molecule has 0 fully saturated rings. The van der Waals surface area contributed by atoms with Crippen molar-refractivity contribution in [2.75, 3.05) is 9.80 Å². The first-order valence-corrected chi connectivity index (χ1v) is 41.2. The lowest BCUT2D eigenvalue weighted by Gasteiger charge is -2.28. The van der Waals surface area contributed by atoms with Gasteiger partial charge in [0.1, 0.15) is 6.33 Å². The van der Waals surface area contributed by atoms with Crippen LogP contribution in [0.4, 0.5) is 34.1 Å². The van der Waals surface area contributed by atoms with Crippen molar-refractivity contribution in [2.45, 2.75) is 57.8 Å². The van der Waals surface area contributed by atoms with Crippen molar-refractivity contribution in [2.24, 2.45) is 0 Å². The maximum Gasteiger partial charge on any atom is 0.116 e. The van der Waals surface area contributed by atoms with Crippen LogP contribution < -0.4 is 9.80 Å². The van der Waals surface area contributed by atoms with E-state index >= 15 is 0 Å². The molecule has 0 saturated carbocycles. The van der Waals surface area contributed by atoms with Gasteiger partial charge in [-0.25, -0.2) is 15.0 Å². The second kappa shape index (κ2) is 28.9. The quantitative estimate of drug-likeness (QED) is 0.107. The third-order valence-corrected chi connectivity index (χ3v) is 25.3. The first-order valence-electron chi connectivity index (χ1n) is 41.2. The van der Waals surface area contributed by atoms with Gasteiger partial charge in [0, 0.05) is 77.8 Å². The van der Waals surface area contributed by atoms with Crippen LogP contribution in [0, 0.1) is 0 Å². The van der Waals surface area contributed by atoms with Gasteiger partial charge in [0.15, 0.2) is 0 Å². The molecule has 22 rings (SSSR count). The molecule has 0 N–H and O–H groups in total. The molecule has 0 saturated heterocycles. The minimum Gasteiger partial charge on any atom is -0.310 e. The average molecular weight is 1530 g/mol. The van der Waals surface area contributed by atoms with E-state index in [1.807, 2.05) is 6.20 Å². The monoisotopic (exact) mass is 1520 g/mol. The largest absolute Gasteiger partial charge is 0.310 e. The van der Waals surface area contributed by atoms with Crippen molar-refractivity contribution in [1.29, 1.82) is 0 Å². The molecule has 2 aromatic heterocycles. The zero-order chi connectivity index (χ0) is 80.1. The SMILES string of the molecule is CC1(C)c2ccccc2-c2ccc(-c3cc(-c4cccc(-c5ccc(N(c6ccc(-c7ccccc7)cc6)c6ccc7c(c6)C(C)(C)c6ccccc6-7)cc5)c4)ncn3)cc21.CC1(C)c2ccccc2-c2ccc(N(c3ccc(-c4ccccc4)cc3)c3ccc(-c4cccc(-c5cnc6c7ccccc7c7ccccc7c6n5)c4)cc3)cc21. The van der Waals surface area contributed by atoms with Gasteiger partial charge in [0.05, 0.1) is 34.3 Å². The summed E-state index contributed by atoms with van der Waals surface area (Å²) in [5.41, 5.74) is 39.6. The molecule has 0 aliphatic heterocycles. The van der Waals surface area contributed by atoms with Crippen LogP contribution in [0.2, 0.25) is 0 Å². The average Bonchev–Trinajstić information content (AvgIpc) is 1.59. The molecule has 17 aromatic carbocycles. The maximum absolute atomic E-state index is 5.27. The summed E-state index contributed by atoms with van der Waals surface area (Å²) in [5, 5.41) is 4.64. The zero-order valence-electron chi connectivity index (χ0n) is 67.3. The van der Waals surface area contributed by atoms with E-state index in [2.05, 4.69) is 440 Å². The van der Waals surface area contributed by atoms with Gasteiger partial charge >= 0.3 is 0 Å². The molecule has 6 nitrogen and oxygen atoms in total. The van der Waals surface area contributed by atoms with E-state index in [1.54, 1.807) is 6.33 Å². The van der Waals surface area contributed by atoms with E-state index in [9.17, 15) is 0 Å². The molecule has 0 unspecified atom stereocenters. The van der Waals surface area contributed by atoms with Crippen LogP contribution in [-0.2, 0) is 16.2 Å². The van der Waals surface area contributed by atoms with Gasteiger partial charge < -0.3 is 9.80 Å². The summed E-state index contributed by atoms with van der Waals surface area (Å²) in [7, 11) is 0. The molecule has 119 heavy (non-hydrogen) atoms. The molecule has 0 amide bonds. The zero-order valence-corrected chi connectivity index (χ0v) is 67.3. The Morgan fingerprint density at radius 3 is 0.916 bits per heavy atom. The lowest BCUT2D eigenvalue weighted by molar-refractivity contribution is 0.660. The standard InChI is InChI=1S/C58H45N3.C55H39N3/c1-57(2)51-19-10-8-17-47(51)49-31-25-43(34-53(49)57)56-36-55(59-37-60-56)42-16-12-15-41(33-42)40-23-28-45(29-24-40)61(44-26-21-39(22-27-44)38-13-6-5-7-14-38)46-30-32-50-48-18-9-11-20-52(48)58(3,4)54(50)35-46;1-55(2)50-22-11-10-19-46(50)47-32-31-43(34-51(47)55)58(41-27-23-37(24-28-41)36-13-4-3-5-14-36)42-29-25-38(26-30-42)39-15-12-16-40(33-39)52-35-56-53-48-20-8-6-17-44(48)45-18-7-9-21-49(45)54(53)57-52/h5-37H,1-4H3;3-35H,1-2H3. The van der Waals surface area contributed by atoms with Crippen molar-refractivity contribution in [1.82, 2.24) is 19.9 Å². The third kappa shape index (κ3) is 12.6. The van der Waals surface area contributed by atoms with Crippen LogP contribution in [0.1, 0.15) is 74.9 Å². The number of hydrogen-bond acceptors (Lipinski definition) is 6. The molecule has 3 aliphatic carbocycles. The van der Waals surface area contributed by atoms with E-state index in [0.29, 0.717) is 0 Å². The highest BCUT2D eigenvalue weighted by Gasteiger charge is 2.39. The fourth-order valence-electron chi connectivity index (χ4n) is 19.0. The van der Waals surface area contributed by atoms with E-state index in [1.165, 1.54) is 99.8 Å². The molecule has 0 atom stereocenters. The normalized spacial score (nSPS) is 13.3. The topological polar surface area (TPSA) is 58.0 Å². The Hall–Kier alpha value is -14.7. The van der Waals surface area contributed by atoms with Gasteiger partial charge in [0.25, 0.3) is 0 Å². The van der Waals surface area contributed by atoms with E-state index in [4.69, 9.17) is 19.9 Å². The number of fused-ring (bicyclic) bond motifs is 15. The van der Waals surface area contributed by atoms with Gasteiger partial charge in [-0.3, -0.25) is 4.98 Å². The summed E-state index contributed by atoms with van der Waals surface area (Å²) in [6.07, 6.45) is 3.61. The van der Waals surface area contributed by atoms with E-state index in [-0.39, 0.29) is 16.2 Å². The van der Waals surface area contributed by atoms with Crippen molar-refractivity contribution < 1.29 is 0 Å². The van der Waals surface area contributed by atoms with Gasteiger partial charge in [-0.05, 0) is 219 Å². The minimum atomic E-state index is -0.102. The molecule has 566 valence electrons. The Bertz CT molecular complexity index is 7130. The van der Waals surface area contributed by atoms with Crippen molar-refractivity contribution >= 4 is 66.7 Å². The number of hydrogen-bond donors (Lipinski definition) is 0.